The van der Waals surface area contributed by atoms with Crippen molar-refractivity contribution in [1.29, 1.82) is 0 Å². The number of carboxylic acids is 1. The third kappa shape index (κ3) is 2.70. The minimum atomic E-state index is -0.869. The molecule has 2 N–H and O–H groups in total. The predicted octanol–water partition coefficient (Wildman–Crippen LogP) is 1.64. The Balaban J connectivity index is 2.19. The molecule has 0 spiro atoms. The molecule has 1 amide bonds. The molecular formula is C14H17NO4. The van der Waals surface area contributed by atoms with Crippen molar-refractivity contribution < 1.29 is 19.8 Å². The van der Waals surface area contributed by atoms with E-state index in [4.69, 9.17) is 5.11 Å². The van der Waals surface area contributed by atoms with Crippen LogP contribution in [-0.2, 0) is 4.79 Å². The number of likely N-dealkylation sites (tertiary alicyclic amines) is 1. The summed E-state index contributed by atoms with van der Waals surface area (Å²) in [5.74, 6) is -1.70. The number of aryl methyl sites for hydroxylation is 1. The van der Waals surface area contributed by atoms with Gasteiger partial charge in [-0.3, -0.25) is 9.59 Å². The largest absolute Gasteiger partial charge is 0.507 e. The first kappa shape index (κ1) is 13.4. The van der Waals surface area contributed by atoms with E-state index in [2.05, 4.69) is 0 Å². The number of aliphatic carboxylic acids is 1. The van der Waals surface area contributed by atoms with Crippen LogP contribution in [0.3, 0.4) is 0 Å². The van der Waals surface area contributed by atoms with Crippen molar-refractivity contribution in [2.75, 3.05) is 13.1 Å². The van der Waals surface area contributed by atoms with Crippen molar-refractivity contribution in [3.8, 4) is 5.75 Å². The predicted molar refractivity (Wildman–Crippen MR) is 69.1 cm³/mol. The average molecular weight is 263 g/mol. The van der Waals surface area contributed by atoms with Crippen LogP contribution in [0.15, 0.2) is 18.2 Å². The Kier molecular flexibility index (Phi) is 3.74. The molecule has 1 aliphatic rings. The molecule has 1 aromatic rings. The highest BCUT2D eigenvalue weighted by atomic mass is 16.4. The summed E-state index contributed by atoms with van der Waals surface area (Å²) >= 11 is 0. The van der Waals surface area contributed by atoms with E-state index in [1.165, 1.54) is 4.90 Å². The van der Waals surface area contributed by atoms with Crippen molar-refractivity contribution in [1.82, 2.24) is 4.90 Å². The van der Waals surface area contributed by atoms with Crippen LogP contribution in [0.5, 0.6) is 5.75 Å². The molecule has 102 valence electrons. The van der Waals surface area contributed by atoms with E-state index in [1.54, 1.807) is 25.1 Å². The number of amides is 1. The van der Waals surface area contributed by atoms with Gasteiger partial charge in [-0.25, -0.2) is 0 Å². The van der Waals surface area contributed by atoms with Crippen LogP contribution in [0.4, 0.5) is 0 Å². The normalized spacial score (nSPS) is 19.2. The van der Waals surface area contributed by atoms with Gasteiger partial charge in [-0.05, 0) is 31.4 Å². The lowest BCUT2D eigenvalue weighted by atomic mass is 9.97. The lowest BCUT2D eigenvalue weighted by Crippen LogP contribution is -2.42. The van der Waals surface area contributed by atoms with Gasteiger partial charge >= 0.3 is 5.97 Å². The number of nitrogens with zero attached hydrogens (tertiary/aromatic N) is 1. The van der Waals surface area contributed by atoms with Crippen LogP contribution in [-0.4, -0.2) is 40.1 Å². The molecule has 19 heavy (non-hydrogen) atoms. The second-order valence-electron chi connectivity index (χ2n) is 4.90. The molecule has 1 aromatic carbocycles. The molecule has 2 rings (SSSR count). The van der Waals surface area contributed by atoms with Gasteiger partial charge in [0.1, 0.15) is 5.75 Å². The molecule has 0 unspecified atom stereocenters. The number of benzene rings is 1. The Bertz CT molecular complexity index is 512. The highest BCUT2D eigenvalue weighted by Crippen LogP contribution is 2.25. The minimum absolute atomic E-state index is 0.0232. The van der Waals surface area contributed by atoms with Crippen molar-refractivity contribution in [2.24, 2.45) is 5.92 Å². The van der Waals surface area contributed by atoms with Gasteiger partial charge < -0.3 is 15.1 Å². The molecule has 0 bridgehead atoms. The fourth-order valence-electron chi connectivity index (χ4n) is 2.37. The molecule has 0 radical (unpaired) electrons. The van der Waals surface area contributed by atoms with Crippen molar-refractivity contribution >= 4 is 11.9 Å². The topological polar surface area (TPSA) is 77.8 Å². The molecule has 5 heteroatoms. The summed E-state index contributed by atoms with van der Waals surface area (Å²) in [6, 6.07) is 5.00. The SMILES string of the molecule is Cc1cccc(C(=O)N2CCC[C@@H](C(=O)O)C2)c1O. The zero-order valence-corrected chi connectivity index (χ0v) is 10.8. The van der Waals surface area contributed by atoms with Gasteiger partial charge in [-0.2, -0.15) is 0 Å². The number of hydrogen-bond acceptors (Lipinski definition) is 3. The summed E-state index contributed by atoms with van der Waals surface area (Å²) in [4.78, 5) is 24.8. The molecule has 1 saturated heterocycles. The third-order valence-electron chi connectivity index (χ3n) is 3.53. The summed E-state index contributed by atoms with van der Waals surface area (Å²) in [5.41, 5.74) is 0.878. The second-order valence-corrected chi connectivity index (χ2v) is 4.90. The summed E-state index contributed by atoms with van der Waals surface area (Å²) in [7, 11) is 0. The number of phenolic OH excluding ortho intramolecular Hbond substituents is 1. The molecule has 0 aliphatic carbocycles. The standard InChI is InChI=1S/C14H17NO4/c1-9-4-2-6-11(12(9)16)13(17)15-7-3-5-10(8-15)14(18)19/h2,4,6,10,16H,3,5,7-8H2,1H3,(H,18,19)/t10-/m1/s1. The van der Waals surface area contributed by atoms with Crippen molar-refractivity contribution in [2.45, 2.75) is 19.8 Å². The molecule has 1 aliphatic heterocycles. The Morgan fingerprint density at radius 2 is 2.11 bits per heavy atom. The molecule has 1 heterocycles. The summed E-state index contributed by atoms with van der Waals surface area (Å²) < 4.78 is 0. The molecule has 1 atom stereocenters. The van der Waals surface area contributed by atoms with Crippen LogP contribution in [0.1, 0.15) is 28.8 Å². The Morgan fingerprint density at radius 1 is 1.37 bits per heavy atom. The number of carbonyl (C=O) groups excluding carboxylic acids is 1. The van der Waals surface area contributed by atoms with E-state index in [-0.39, 0.29) is 23.8 Å². The summed E-state index contributed by atoms with van der Waals surface area (Å²) in [5, 5.41) is 18.9. The number of aromatic hydroxyl groups is 1. The van der Waals surface area contributed by atoms with E-state index in [0.29, 0.717) is 24.9 Å². The van der Waals surface area contributed by atoms with Gasteiger partial charge in [0.05, 0.1) is 11.5 Å². The zero-order chi connectivity index (χ0) is 14.0. The van der Waals surface area contributed by atoms with E-state index >= 15 is 0 Å². The van der Waals surface area contributed by atoms with Crippen LogP contribution in [0.2, 0.25) is 0 Å². The molecule has 0 aromatic heterocycles. The number of rotatable bonds is 2. The van der Waals surface area contributed by atoms with E-state index in [9.17, 15) is 14.7 Å². The van der Waals surface area contributed by atoms with Gasteiger partial charge in [0.2, 0.25) is 0 Å². The maximum absolute atomic E-state index is 12.3. The third-order valence-corrected chi connectivity index (χ3v) is 3.53. The lowest BCUT2D eigenvalue weighted by molar-refractivity contribution is -0.143. The summed E-state index contributed by atoms with van der Waals surface area (Å²) in [6.45, 7) is 2.47. The van der Waals surface area contributed by atoms with Crippen molar-refractivity contribution in [3.63, 3.8) is 0 Å². The Hall–Kier alpha value is -2.04. The second kappa shape index (κ2) is 5.30. The number of carbonyl (C=O) groups is 2. The summed E-state index contributed by atoms with van der Waals surface area (Å²) in [6.07, 6.45) is 1.27. The number of para-hydroxylation sites is 1. The van der Waals surface area contributed by atoms with Gasteiger partial charge in [0, 0.05) is 13.1 Å². The number of carboxylic acid groups (broad SMARTS) is 1. The molecule has 5 nitrogen and oxygen atoms in total. The fraction of sp³-hybridized carbons (Fsp3) is 0.429. The smallest absolute Gasteiger partial charge is 0.308 e. The van der Waals surface area contributed by atoms with E-state index in [0.717, 1.165) is 0 Å². The lowest BCUT2D eigenvalue weighted by Gasteiger charge is -2.31. The van der Waals surface area contributed by atoms with Crippen LogP contribution >= 0.6 is 0 Å². The number of piperidine rings is 1. The zero-order valence-electron chi connectivity index (χ0n) is 10.8. The number of hydrogen-bond donors (Lipinski definition) is 2. The Labute approximate surface area is 111 Å². The fourth-order valence-corrected chi connectivity index (χ4v) is 2.37. The van der Waals surface area contributed by atoms with Crippen LogP contribution in [0, 0.1) is 12.8 Å². The van der Waals surface area contributed by atoms with Crippen LogP contribution in [0.25, 0.3) is 0 Å². The Morgan fingerprint density at radius 3 is 2.79 bits per heavy atom. The maximum Gasteiger partial charge on any atom is 0.308 e. The first-order valence-corrected chi connectivity index (χ1v) is 6.31. The maximum atomic E-state index is 12.3. The average Bonchev–Trinajstić information content (AvgIpc) is 2.41. The first-order chi connectivity index (χ1) is 9.00. The molecular weight excluding hydrogens is 246 g/mol. The van der Waals surface area contributed by atoms with Gasteiger partial charge in [0.25, 0.3) is 5.91 Å². The highest BCUT2D eigenvalue weighted by molar-refractivity contribution is 5.97. The van der Waals surface area contributed by atoms with Gasteiger partial charge in [0.15, 0.2) is 0 Å². The van der Waals surface area contributed by atoms with Crippen LogP contribution < -0.4 is 0 Å². The number of phenols is 1. The van der Waals surface area contributed by atoms with Gasteiger partial charge in [-0.1, -0.05) is 12.1 Å². The van der Waals surface area contributed by atoms with Gasteiger partial charge in [-0.15, -0.1) is 0 Å². The van der Waals surface area contributed by atoms with E-state index in [1.807, 2.05) is 0 Å². The quantitative estimate of drug-likeness (QED) is 0.850. The first-order valence-electron chi connectivity index (χ1n) is 6.31. The monoisotopic (exact) mass is 263 g/mol. The van der Waals surface area contributed by atoms with E-state index < -0.39 is 11.9 Å². The highest BCUT2D eigenvalue weighted by Gasteiger charge is 2.29. The van der Waals surface area contributed by atoms with Crippen molar-refractivity contribution in [3.05, 3.63) is 29.3 Å². The molecule has 0 saturated carbocycles. The molecule has 1 fully saturated rings. The minimum Gasteiger partial charge on any atom is -0.507 e.